The smallest absolute Gasteiger partial charge is 0.189 e. The van der Waals surface area contributed by atoms with Gasteiger partial charge in [-0.2, -0.15) is 0 Å². The summed E-state index contributed by atoms with van der Waals surface area (Å²) in [7, 11) is 5.36. The number of carbonyl (C=O) groups excluding carboxylic acids is 1. The third kappa shape index (κ3) is 3.50. The SMILES string of the molecule is COc1cc2c(cc1OC)C(=O)/C(=C/c1ccc(N3CCN(C)CC3)cc1)C2. The van der Waals surface area contributed by atoms with Gasteiger partial charge in [-0.3, -0.25) is 4.79 Å². The van der Waals surface area contributed by atoms with Crippen molar-refractivity contribution in [2.24, 2.45) is 0 Å². The van der Waals surface area contributed by atoms with Gasteiger partial charge in [-0.05, 0) is 48.5 Å². The Morgan fingerprint density at radius 3 is 2.21 bits per heavy atom. The second-order valence-electron chi connectivity index (χ2n) is 7.42. The first-order valence-corrected chi connectivity index (χ1v) is 9.63. The average Bonchev–Trinajstić information content (AvgIpc) is 3.02. The molecule has 5 nitrogen and oxygen atoms in total. The minimum absolute atomic E-state index is 0.0686. The van der Waals surface area contributed by atoms with Gasteiger partial charge >= 0.3 is 0 Å². The fourth-order valence-electron chi connectivity index (χ4n) is 3.90. The highest BCUT2D eigenvalue weighted by atomic mass is 16.5. The summed E-state index contributed by atoms with van der Waals surface area (Å²) in [6, 6.07) is 12.2. The molecular formula is C23H26N2O3. The number of allylic oxidation sites excluding steroid dienone is 1. The molecule has 2 aliphatic rings. The number of Topliss-reactive ketones (excluding diaryl/α,β-unsaturated/α-hetero) is 1. The summed E-state index contributed by atoms with van der Waals surface area (Å²) in [4.78, 5) is 17.6. The molecule has 0 unspecified atom stereocenters. The maximum Gasteiger partial charge on any atom is 0.189 e. The molecule has 2 aromatic rings. The van der Waals surface area contributed by atoms with Gasteiger partial charge in [0.15, 0.2) is 17.3 Å². The van der Waals surface area contributed by atoms with E-state index in [0.717, 1.165) is 42.9 Å². The Labute approximate surface area is 166 Å². The monoisotopic (exact) mass is 378 g/mol. The molecule has 0 atom stereocenters. The van der Waals surface area contributed by atoms with E-state index in [1.807, 2.05) is 12.1 Å². The Balaban J connectivity index is 1.54. The Kier molecular flexibility index (Phi) is 5.09. The van der Waals surface area contributed by atoms with Crippen LogP contribution in [-0.2, 0) is 6.42 Å². The number of hydrogen-bond donors (Lipinski definition) is 0. The predicted octanol–water partition coefficient (Wildman–Crippen LogP) is 3.28. The lowest BCUT2D eigenvalue weighted by Gasteiger charge is -2.34. The molecule has 1 aliphatic carbocycles. The minimum Gasteiger partial charge on any atom is -0.493 e. The summed E-state index contributed by atoms with van der Waals surface area (Å²) in [6.45, 7) is 4.28. The number of hydrogen-bond acceptors (Lipinski definition) is 5. The third-order valence-electron chi connectivity index (χ3n) is 5.63. The second-order valence-corrected chi connectivity index (χ2v) is 7.42. The quantitative estimate of drug-likeness (QED) is 0.764. The lowest BCUT2D eigenvalue weighted by atomic mass is 10.1. The zero-order chi connectivity index (χ0) is 19.7. The van der Waals surface area contributed by atoms with Crippen LogP contribution in [0.25, 0.3) is 6.08 Å². The highest BCUT2D eigenvalue weighted by Crippen LogP contribution is 2.37. The van der Waals surface area contributed by atoms with E-state index in [9.17, 15) is 4.79 Å². The van der Waals surface area contributed by atoms with E-state index >= 15 is 0 Å². The van der Waals surface area contributed by atoms with E-state index in [4.69, 9.17) is 9.47 Å². The highest BCUT2D eigenvalue weighted by molar-refractivity contribution is 6.15. The molecule has 0 amide bonds. The number of piperazine rings is 1. The normalized spacial score (nSPS) is 18.5. The van der Waals surface area contributed by atoms with E-state index in [1.54, 1.807) is 20.3 Å². The van der Waals surface area contributed by atoms with Crippen molar-refractivity contribution in [2.45, 2.75) is 6.42 Å². The van der Waals surface area contributed by atoms with Gasteiger partial charge in [0.1, 0.15) is 0 Å². The molecule has 0 bridgehead atoms. The van der Waals surface area contributed by atoms with Gasteiger partial charge in [0.2, 0.25) is 0 Å². The highest BCUT2D eigenvalue weighted by Gasteiger charge is 2.27. The number of likely N-dealkylation sites (N-methyl/N-ethyl adjacent to an activating group) is 1. The number of fused-ring (bicyclic) bond motifs is 1. The Bertz CT molecular complexity index is 910. The molecule has 28 heavy (non-hydrogen) atoms. The number of benzene rings is 2. The first kappa shape index (κ1) is 18.6. The number of ketones is 1. The maximum absolute atomic E-state index is 12.8. The average molecular weight is 378 g/mol. The van der Waals surface area contributed by atoms with Crippen molar-refractivity contribution >= 4 is 17.5 Å². The topological polar surface area (TPSA) is 42.0 Å². The third-order valence-corrected chi connectivity index (χ3v) is 5.63. The van der Waals surface area contributed by atoms with Gasteiger partial charge in [0, 0.05) is 49.4 Å². The summed E-state index contributed by atoms with van der Waals surface area (Å²) in [5.41, 5.74) is 4.79. The van der Waals surface area contributed by atoms with Crippen LogP contribution in [-0.4, -0.2) is 58.1 Å². The molecule has 2 aromatic carbocycles. The van der Waals surface area contributed by atoms with E-state index in [2.05, 4.69) is 41.1 Å². The molecule has 0 N–H and O–H groups in total. The van der Waals surface area contributed by atoms with Crippen molar-refractivity contribution in [2.75, 3.05) is 52.3 Å². The Morgan fingerprint density at radius 1 is 0.929 bits per heavy atom. The van der Waals surface area contributed by atoms with Crippen LogP contribution in [0.4, 0.5) is 5.69 Å². The van der Waals surface area contributed by atoms with Crippen molar-refractivity contribution in [3.05, 3.63) is 58.7 Å². The van der Waals surface area contributed by atoms with Gasteiger partial charge in [-0.15, -0.1) is 0 Å². The zero-order valence-corrected chi connectivity index (χ0v) is 16.7. The van der Waals surface area contributed by atoms with E-state index < -0.39 is 0 Å². The molecule has 0 spiro atoms. The molecule has 0 radical (unpaired) electrons. The molecule has 5 heteroatoms. The van der Waals surface area contributed by atoms with Crippen LogP contribution >= 0.6 is 0 Å². The number of ether oxygens (including phenoxy) is 2. The summed E-state index contributed by atoms with van der Waals surface area (Å²) >= 11 is 0. The maximum atomic E-state index is 12.8. The van der Waals surface area contributed by atoms with Crippen LogP contribution < -0.4 is 14.4 Å². The Hall–Kier alpha value is -2.79. The molecule has 0 saturated carbocycles. The van der Waals surface area contributed by atoms with Crippen molar-refractivity contribution in [3.8, 4) is 11.5 Å². The zero-order valence-electron chi connectivity index (χ0n) is 16.7. The standard InChI is InChI=1S/C23H26N2O3/c1-24-8-10-25(11-9-24)19-6-4-16(5-7-19)12-18-13-17-14-21(27-2)22(28-3)15-20(17)23(18)26/h4-7,12,14-15H,8-11,13H2,1-3H3/b18-12+. The van der Waals surface area contributed by atoms with Crippen LogP contribution in [0.1, 0.15) is 21.5 Å². The first-order valence-electron chi connectivity index (χ1n) is 9.63. The summed E-state index contributed by atoms with van der Waals surface area (Å²) in [6.07, 6.45) is 2.61. The van der Waals surface area contributed by atoms with Crippen LogP contribution in [0.2, 0.25) is 0 Å². The number of rotatable bonds is 4. The minimum atomic E-state index is 0.0686. The molecule has 1 fully saturated rings. The second kappa shape index (κ2) is 7.68. The van der Waals surface area contributed by atoms with Crippen LogP contribution in [0, 0.1) is 0 Å². The molecule has 146 valence electrons. The van der Waals surface area contributed by atoms with Crippen molar-refractivity contribution in [1.29, 1.82) is 0 Å². The fraction of sp³-hybridized carbons (Fsp3) is 0.348. The van der Waals surface area contributed by atoms with Gasteiger partial charge in [-0.25, -0.2) is 0 Å². The lowest BCUT2D eigenvalue weighted by Crippen LogP contribution is -2.44. The van der Waals surface area contributed by atoms with E-state index in [1.165, 1.54) is 5.69 Å². The number of methoxy groups -OCH3 is 2. The number of nitrogens with zero attached hydrogens (tertiary/aromatic N) is 2. The van der Waals surface area contributed by atoms with Crippen LogP contribution in [0.5, 0.6) is 11.5 Å². The van der Waals surface area contributed by atoms with Gasteiger partial charge in [0.05, 0.1) is 14.2 Å². The van der Waals surface area contributed by atoms with Crippen molar-refractivity contribution in [3.63, 3.8) is 0 Å². The largest absolute Gasteiger partial charge is 0.493 e. The fourth-order valence-corrected chi connectivity index (χ4v) is 3.90. The van der Waals surface area contributed by atoms with E-state index in [0.29, 0.717) is 23.5 Å². The Morgan fingerprint density at radius 2 is 1.57 bits per heavy atom. The molecule has 1 aliphatic heterocycles. The van der Waals surface area contributed by atoms with Crippen molar-refractivity contribution in [1.82, 2.24) is 4.90 Å². The lowest BCUT2D eigenvalue weighted by molar-refractivity contribution is 0.104. The van der Waals surface area contributed by atoms with Gasteiger partial charge in [-0.1, -0.05) is 12.1 Å². The van der Waals surface area contributed by atoms with Crippen molar-refractivity contribution < 1.29 is 14.3 Å². The summed E-state index contributed by atoms with van der Waals surface area (Å²) in [5.74, 6) is 1.32. The van der Waals surface area contributed by atoms with Gasteiger partial charge in [0.25, 0.3) is 0 Å². The molecule has 1 heterocycles. The summed E-state index contributed by atoms with van der Waals surface area (Å²) < 4.78 is 10.7. The number of carbonyl (C=O) groups is 1. The summed E-state index contributed by atoms with van der Waals surface area (Å²) in [5, 5.41) is 0. The predicted molar refractivity (Wildman–Crippen MR) is 112 cm³/mol. The van der Waals surface area contributed by atoms with Crippen LogP contribution in [0.3, 0.4) is 0 Å². The first-order chi connectivity index (χ1) is 13.6. The van der Waals surface area contributed by atoms with E-state index in [-0.39, 0.29) is 5.78 Å². The van der Waals surface area contributed by atoms with Gasteiger partial charge < -0.3 is 19.3 Å². The molecule has 1 saturated heterocycles. The molecule has 0 aromatic heterocycles. The molecule has 4 rings (SSSR count). The number of anilines is 1. The molecular weight excluding hydrogens is 352 g/mol. The van der Waals surface area contributed by atoms with Crippen LogP contribution in [0.15, 0.2) is 42.0 Å².